The van der Waals surface area contributed by atoms with Crippen LogP contribution in [0.15, 0.2) is 0 Å². The van der Waals surface area contributed by atoms with E-state index in [2.05, 4.69) is 10.2 Å². The van der Waals surface area contributed by atoms with Crippen molar-refractivity contribution < 1.29 is 18.3 Å². The van der Waals surface area contributed by atoms with Gasteiger partial charge < -0.3 is 10.4 Å². The molecule has 1 heterocycles. The first kappa shape index (κ1) is 16.7. The number of alkyl halides is 3. The van der Waals surface area contributed by atoms with Gasteiger partial charge in [0, 0.05) is 45.3 Å². The van der Waals surface area contributed by atoms with Crippen LogP contribution in [0.1, 0.15) is 13.8 Å². The van der Waals surface area contributed by atoms with Crippen LogP contribution in [0.2, 0.25) is 0 Å². The van der Waals surface area contributed by atoms with Crippen LogP contribution in [-0.2, 0) is 0 Å². The lowest BCUT2D eigenvalue weighted by Crippen LogP contribution is -2.50. The highest BCUT2D eigenvalue weighted by atomic mass is 19.4. The summed E-state index contributed by atoms with van der Waals surface area (Å²) in [5.74, 6) is 0. The molecule has 7 heteroatoms. The molecule has 0 aromatic carbocycles. The number of β-amino-alcohol motifs (C(OH)–C–C–N with tert-alkyl or cyclic N) is 1. The van der Waals surface area contributed by atoms with Gasteiger partial charge in [-0.05, 0) is 13.8 Å². The van der Waals surface area contributed by atoms with E-state index in [-0.39, 0.29) is 12.6 Å². The Morgan fingerprint density at radius 2 is 1.84 bits per heavy atom. The molecule has 0 spiro atoms. The van der Waals surface area contributed by atoms with E-state index < -0.39 is 18.8 Å². The molecule has 1 aliphatic heterocycles. The summed E-state index contributed by atoms with van der Waals surface area (Å²) in [6.07, 6.45) is -4.97. The number of rotatable bonds is 6. The van der Waals surface area contributed by atoms with Gasteiger partial charge >= 0.3 is 6.18 Å². The van der Waals surface area contributed by atoms with Crippen molar-refractivity contribution in [2.75, 3.05) is 45.8 Å². The van der Waals surface area contributed by atoms with Gasteiger partial charge in [-0.3, -0.25) is 9.80 Å². The van der Waals surface area contributed by atoms with Crippen molar-refractivity contribution in [2.24, 2.45) is 0 Å². The summed E-state index contributed by atoms with van der Waals surface area (Å²) in [6, 6.07) is -0.237. The lowest BCUT2D eigenvalue weighted by atomic mass is 10.2. The molecule has 4 nitrogen and oxygen atoms in total. The Bertz CT molecular complexity index is 255. The fraction of sp³-hybridized carbons (Fsp3) is 1.00. The van der Waals surface area contributed by atoms with E-state index in [1.807, 2.05) is 0 Å². The lowest BCUT2D eigenvalue weighted by molar-refractivity contribution is -0.152. The van der Waals surface area contributed by atoms with Gasteiger partial charge in [0.15, 0.2) is 0 Å². The zero-order valence-electron chi connectivity index (χ0n) is 11.6. The highest BCUT2D eigenvalue weighted by Crippen LogP contribution is 2.18. The zero-order chi connectivity index (χ0) is 14.5. The molecule has 2 N–H and O–H groups in total. The summed E-state index contributed by atoms with van der Waals surface area (Å²) in [4.78, 5) is 3.35. The minimum Gasteiger partial charge on any atom is -0.390 e. The minimum absolute atomic E-state index is 0.0567. The molecule has 1 saturated heterocycles. The normalized spacial score (nSPS) is 20.2. The molecule has 1 atom stereocenters. The van der Waals surface area contributed by atoms with Crippen LogP contribution in [0.3, 0.4) is 0 Å². The minimum atomic E-state index is -4.22. The second-order valence-corrected chi connectivity index (χ2v) is 5.34. The van der Waals surface area contributed by atoms with Crippen molar-refractivity contribution in [2.45, 2.75) is 32.2 Å². The first-order chi connectivity index (χ1) is 8.78. The summed E-state index contributed by atoms with van der Waals surface area (Å²) in [7, 11) is 0. The Hall–Kier alpha value is -0.370. The van der Waals surface area contributed by atoms with Gasteiger partial charge in [0.2, 0.25) is 0 Å². The number of aliphatic hydroxyl groups excluding tert-OH is 1. The molecular weight excluding hydrogens is 259 g/mol. The maximum Gasteiger partial charge on any atom is 0.401 e. The molecule has 0 radical (unpaired) electrons. The Morgan fingerprint density at radius 1 is 1.26 bits per heavy atom. The van der Waals surface area contributed by atoms with E-state index in [9.17, 15) is 18.3 Å². The molecule has 1 unspecified atom stereocenters. The molecule has 1 fully saturated rings. The summed E-state index contributed by atoms with van der Waals surface area (Å²) in [6.45, 7) is 6.34. The quantitative estimate of drug-likeness (QED) is 0.746. The standard InChI is InChI=1S/C12H24F3N3O/c1-10(2)18(9-12(13,14)15)8-11(19)7-17-5-3-16-4-6-17/h10-11,16,19H,3-9H2,1-2H3. The van der Waals surface area contributed by atoms with E-state index in [4.69, 9.17) is 0 Å². The van der Waals surface area contributed by atoms with Crippen molar-refractivity contribution in [3.63, 3.8) is 0 Å². The Kier molecular flexibility index (Phi) is 6.52. The van der Waals surface area contributed by atoms with Crippen molar-refractivity contribution in [3.8, 4) is 0 Å². The van der Waals surface area contributed by atoms with E-state index in [1.165, 1.54) is 4.90 Å². The summed E-state index contributed by atoms with van der Waals surface area (Å²) < 4.78 is 37.3. The molecule has 0 amide bonds. The van der Waals surface area contributed by atoms with E-state index in [1.54, 1.807) is 13.8 Å². The topological polar surface area (TPSA) is 38.7 Å². The van der Waals surface area contributed by atoms with Crippen LogP contribution >= 0.6 is 0 Å². The van der Waals surface area contributed by atoms with Crippen LogP contribution in [0, 0.1) is 0 Å². The van der Waals surface area contributed by atoms with E-state index in [0.717, 1.165) is 26.2 Å². The van der Waals surface area contributed by atoms with Gasteiger partial charge in [0.1, 0.15) is 0 Å². The predicted molar refractivity (Wildman–Crippen MR) is 68.1 cm³/mol. The highest BCUT2D eigenvalue weighted by Gasteiger charge is 2.32. The molecule has 0 saturated carbocycles. The van der Waals surface area contributed by atoms with Crippen molar-refractivity contribution in [3.05, 3.63) is 0 Å². The third kappa shape index (κ3) is 7.10. The smallest absolute Gasteiger partial charge is 0.390 e. The molecule has 0 aliphatic carbocycles. The Balaban J connectivity index is 2.39. The van der Waals surface area contributed by atoms with Gasteiger partial charge in [0.05, 0.1) is 12.6 Å². The molecule has 1 aliphatic rings. The second-order valence-electron chi connectivity index (χ2n) is 5.34. The van der Waals surface area contributed by atoms with Crippen LogP contribution in [0.4, 0.5) is 13.2 Å². The molecule has 1 rings (SSSR count). The molecule has 0 aromatic heterocycles. The highest BCUT2D eigenvalue weighted by molar-refractivity contribution is 4.76. The van der Waals surface area contributed by atoms with Crippen LogP contribution in [0.25, 0.3) is 0 Å². The van der Waals surface area contributed by atoms with Crippen LogP contribution in [0.5, 0.6) is 0 Å². The maximum atomic E-state index is 12.4. The first-order valence-corrected chi connectivity index (χ1v) is 6.70. The molecular formula is C12H24F3N3O. The molecule has 0 aromatic rings. The van der Waals surface area contributed by atoms with Gasteiger partial charge in [-0.1, -0.05) is 0 Å². The average molecular weight is 283 g/mol. The van der Waals surface area contributed by atoms with E-state index >= 15 is 0 Å². The number of hydrogen-bond acceptors (Lipinski definition) is 4. The van der Waals surface area contributed by atoms with Gasteiger partial charge in [-0.15, -0.1) is 0 Å². The number of hydrogen-bond donors (Lipinski definition) is 2. The zero-order valence-corrected chi connectivity index (χ0v) is 11.6. The number of halogens is 3. The van der Waals surface area contributed by atoms with Gasteiger partial charge in [-0.25, -0.2) is 0 Å². The fourth-order valence-electron chi connectivity index (χ4n) is 2.21. The third-order valence-corrected chi connectivity index (χ3v) is 3.24. The maximum absolute atomic E-state index is 12.4. The van der Waals surface area contributed by atoms with Crippen LogP contribution in [-0.4, -0.2) is 79.0 Å². The number of nitrogens with zero attached hydrogens (tertiary/aromatic N) is 2. The Morgan fingerprint density at radius 3 is 2.32 bits per heavy atom. The molecule has 114 valence electrons. The number of nitrogens with one attached hydrogen (secondary N) is 1. The lowest BCUT2D eigenvalue weighted by Gasteiger charge is -2.33. The predicted octanol–water partition coefficient (Wildman–Crippen LogP) is 0.525. The van der Waals surface area contributed by atoms with Crippen molar-refractivity contribution in [1.82, 2.24) is 15.1 Å². The Labute approximate surface area is 112 Å². The number of aliphatic hydroxyl groups is 1. The number of piperazine rings is 1. The summed E-state index contributed by atoms with van der Waals surface area (Å²) in [5.41, 5.74) is 0. The fourth-order valence-corrected chi connectivity index (χ4v) is 2.21. The SMILES string of the molecule is CC(C)N(CC(O)CN1CCNCC1)CC(F)(F)F. The summed E-state index contributed by atoms with van der Waals surface area (Å²) in [5, 5.41) is 13.1. The second kappa shape index (κ2) is 7.42. The average Bonchev–Trinajstić information content (AvgIpc) is 2.27. The molecule has 19 heavy (non-hydrogen) atoms. The van der Waals surface area contributed by atoms with Crippen LogP contribution < -0.4 is 5.32 Å². The molecule has 0 bridgehead atoms. The first-order valence-electron chi connectivity index (χ1n) is 6.70. The van der Waals surface area contributed by atoms with E-state index in [0.29, 0.717) is 6.54 Å². The monoisotopic (exact) mass is 283 g/mol. The third-order valence-electron chi connectivity index (χ3n) is 3.24. The summed E-state index contributed by atoms with van der Waals surface area (Å²) >= 11 is 0. The van der Waals surface area contributed by atoms with Gasteiger partial charge in [-0.2, -0.15) is 13.2 Å². The van der Waals surface area contributed by atoms with Crippen molar-refractivity contribution >= 4 is 0 Å². The largest absolute Gasteiger partial charge is 0.401 e. The van der Waals surface area contributed by atoms with Crippen molar-refractivity contribution in [1.29, 1.82) is 0 Å². The van der Waals surface area contributed by atoms with Gasteiger partial charge in [0.25, 0.3) is 0 Å².